The maximum Gasteiger partial charge on any atom is 0.231 e. The minimum atomic E-state index is 0.691. The van der Waals surface area contributed by atoms with Gasteiger partial charge >= 0.3 is 0 Å². The summed E-state index contributed by atoms with van der Waals surface area (Å²) in [4.78, 5) is 8.26. The van der Waals surface area contributed by atoms with E-state index >= 15 is 0 Å². The van der Waals surface area contributed by atoms with Gasteiger partial charge in [-0.05, 0) is 6.92 Å². The molecule has 0 N–H and O–H groups in total. The molecule has 0 unspecified atom stereocenters. The second-order valence-electron chi connectivity index (χ2n) is 2.39. The van der Waals surface area contributed by atoms with Crippen LogP contribution in [0.2, 0.25) is 0 Å². The zero-order valence-electron chi connectivity index (χ0n) is 6.20. The number of aromatic nitrogens is 2. The molecule has 3 heteroatoms. The summed E-state index contributed by atoms with van der Waals surface area (Å²) in [5.41, 5.74) is 0.987. The minimum absolute atomic E-state index is 0.691. The van der Waals surface area contributed by atoms with E-state index in [1.807, 2.05) is 17.7 Å². The van der Waals surface area contributed by atoms with Gasteiger partial charge in [0.15, 0.2) is 0 Å². The lowest BCUT2D eigenvalue weighted by Crippen LogP contribution is -1.90. The highest BCUT2D eigenvalue weighted by atomic mass is 15.2. The van der Waals surface area contributed by atoms with Gasteiger partial charge in [0.25, 0.3) is 0 Å². The van der Waals surface area contributed by atoms with Gasteiger partial charge in [-0.1, -0.05) is 11.8 Å². The smallest absolute Gasteiger partial charge is 0.231 e. The molecule has 3 nitrogen and oxygen atoms in total. The van der Waals surface area contributed by atoms with Gasteiger partial charge in [-0.3, -0.25) is 0 Å². The second kappa shape index (κ2) is 2.24. The number of nitrogens with zero attached hydrogens (tertiary/aromatic N) is 3. The lowest BCUT2D eigenvalue weighted by molar-refractivity contribution is 0.844. The summed E-state index contributed by atoms with van der Waals surface area (Å²) < 4.78 is 1.94. The van der Waals surface area contributed by atoms with Gasteiger partial charge in [0.2, 0.25) is 5.95 Å². The van der Waals surface area contributed by atoms with Crippen molar-refractivity contribution in [2.24, 2.45) is 4.99 Å². The number of hydrogen-bond acceptors (Lipinski definition) is 2. The van der Waals surface area contributed by atoms with Gasteiger partial charge in [0, 0.05) is 6.20 Å². The maximum absolute atomic E-state index is 4.20. The number of rotatable bonds is 0. The Morgan fingerprint density at radius 2 is 2.55 bits per heavy atom. The fourth-order valence-electron chi connectivity index (χ4n) is 1.02. The van der Waals surface area contributed by atoms with Crippen molar-refractivity contribution in [3.63, 3.8) is 0 Å². The summed E-state index contributed by atoms with van der Waals surface area (Å²) in [5, 5.41) is 0. The summed E-state index contributed by atoms with van der Waals surface area (Å²) >= 11 is 0. The first-order valence-corrected chi connectivity index (χ1v) is 3.41. The zero-order chi connectivity index (χ0) is 7.68. The molecule has 2 rings (SSSR count). The monoisotopic (exact) mass is 145 g/mol. The van der Waals surface area contributed by atoms with Crippen molar-refractivity contribution in [2.45, 2.75) is 13.5 Å². The summed E-state index contributed by atoms with van der Waals surface area (Å²) in [6.45, 7) is 2.64. The van der Waals surface area contributed by atoms with Crippen molar-refractivity contribution in [3.05, 3.63) is 11.9 Å². The molecule has 0 amide bonds. The number of fused-ring (bicyclic) bond motifs is 1. The van der Waals surface area contributed by atoms with Gasteiger partial charge < -0.3 is 4.57 Å². The van der Waals surface area contributed by atoms with Gasteiger partial charge in [-0.2, -0.15) is 0 Å². The molecule has 11 heavy (non-hydrogen) atoms. The van der Waals surface area contributed by atoms with E-state index in [4.69, 9.17) is 0 Å². The van der Waals surface area contributed by atoms with Crippen molar-refractivity contribution in [3.8, 4) is 11.8 Å². The predicted molar refractivity (Wildman–Crippen MR) is 42.9 cm³/mol. The molecule has 1 aliphatic rings. The summed E-state index contributed by atoms with van der Waals surface area (Å²) in [6, 6.07) is 0. The first-order valence-electron chi connectivity index (χ1n) is 3.41. The molecule has 1 aromatic heterocycles. The third kappa shape index (κ3) is 1.03. The largest absolute Gasteiger partial charge is 0.304 e. The Morgan fingerprint density at radius 3 is 3.45 bits per heavy atom. The molecule has 0 fully saturated rings. The van der Waals surface area contributed by atoms with Crippen LogP contribution >= 0.6 is 0 Å². The highest BCUT2D eigenvalue weighted by Crippen LogP contribution is 2.11. The highest BCUT2D eigenvalue weighted by Gasteiger charge is 2.02. The van der Waals surface area contributed by atoms with Crippen LogP contribution in [0.3, 0.4) is 0 Å². The quantitative estimate of drug-likeness (QED) is 0.499. The molecule has 0 aliphatic carbocycles. The standard InChI is InChI=1S/C8H7N3/c1-7-6-11-5-3-2-4-9-8(11)10-7/h4,6H,5H2,1H3. The van der Waals surface area contributed by atoms with Crippen LogP contribution < -0.4 is 0 Å². The fourth-order valence-corrected chi connectivity index (χ4v) is 1.02. The number of hydrogen-bond donors (Lipinski definition) is 0. The maximum atomic E-state index is 4.20. The highest BCUT2D eigenvalue weighted by molar-refractivity contribution is 5.80. The van der Waals surface area contributed by atoms with Crippen LogP contribution in [0.15, 0.2) is 11.2 Å². The molecule has 0 saturated carbocycles. The topological polar surface area (TPSA) is 30.2 Å². The molecular weight excluding hydrogens is 138 g/mol. The average Bonchev–Trinajstić information content (AvgIpc) is 2.17. The molecule has 0 aromatic carbocycles. The van der Waals surface area contributed by atoms with E-state index in [1.165, 1.54) is 0 Å². The molecule has 1 aromatic rings. The van der Waals surface area contributed by atoms with E-state index in [1.54, 1.807) is 6.21 Å². The van der Waals surface area contributed by atoms with Crippen molar-refractivity contribution in [1.29, 1.82) is 0 Å². The third-order valence-electron chi connectivity index (χ3n) is 1.47. The van der Waals surface area contributed by atoms with E-state index in [0.717, 1.165) is 11.6 Å². The average molecular weight is 145 g/mol. The van der Waals surface area contributed by atoms with Crippen molar-refractivity contribution in [2.75, 3.05) is 0 Å². The summed E-state index contributed by atoms with van der Waals surface area (Å²) in [7, 11) is 0. The van der Waals surface area contributed by atoms with Gasteiger partial charge in [0.1, 0.15) is 0 Å². The van der Waals surface area contributed by atoms with Crippen molar-refractivity contribution >= 4 is 12.2 Å². The third-order valence-corrected chi connectivity index (χ3v) is 1.47. The van der Waals surface area contributed by atoms with Crippen LogP contribution in [0.1, 0.15) is 5.69 Å². The first kappa shape index (κ1) is 6.17. The molecule has 2 heterocycles. The molecule has 0 saturated heterocycles. The number of aliphatic imine (C=N–C) groups is 1. The predicted octanol–water partition coefficient (Wildman–Crippen LogP) is 0.911. The molecule has 54 valence electrons. The Morgan fingerprint density at radius 1 is 1.64 bits per heavy atom. The molecule has 0 radical (unpaired) electrons. The summed E-state index contributed by atoms with van der Waals surface area (Å²) in [5.74, 6) is 6.47. The van der Waals surface area contributed by atoms with E-state index in [2.05, 4.69) is 21.8 Å². The van der Waals surface area contributed by atoms with E-state index in [0.29, 0.717) is 6.54 Å². The van der Waals surface area contributed by atoms with Crippen LogP contribution in [-0.2, 0) is 6.54 Å². The Kier molecular flexibility index (Phi) is 1.26. The van der Waals surface area contributed by atoms with Crippen molar-refractivity contribution < 1.29 is 0 Å². The lowest BCUT2D eigenvalue weighted by atomic mass is 10.5. The lowest BCUT2D eigenvalue weighted by Gasteiger charge is -1.93. The summed E-state index contributed by atoms with van der Waals surface area (Å²) in [6.07, 6.45) is 3.54. The Hall–Kier alpha value is -1.56. The van der Waals surface area contributed by atoms with Gasteiger partial charge in [-0.25, -0.2) is 9.98 Å². The van der Waals surface area contributed by atoms with Crippen molar-refractivity contribution in [1.82, 2.24) is 9.55 Å². The molecule has 0 bridgehead atoms. The van der Waals surface area contributed by atoms with Gasteiger partial charge in [-0.15, -0.1) is 0 Å². The number of aryl methyl sites for hydroxylation is 1. The minimum Gasteiger partial charge on any atom is -0.304 e. The SMILES string of the molecule is Cc1cn2c(n1)N=CC#CC2. The Bertz CT molecular complexity index is 362. The van der Waals surface area contributed by atoms with E-state index < -0.39 is 0 Å². The zero-order valence-corrected chi connectivity index (χ0v) is 6.20. The normalized spacial score (nSPS) is 13.2. The fraction of sp³-hybridized carbons (Fsp3) is 0.250. The van der Waals surface area contributed by atoms with Crippen LogP contribution in [0.4, 0.5) is 5.95 Å². The molecule has 0 atom stereocenters. The first-order chi connectivity index (χ1) is 5.36. The van der Waals surface area contributed by atoms with E-state index in [-0.39, 0.29) is 0 Å². The van der Waals surface area contributed by atoms with Crippen LogP contribution in [-0.4, -0.2) is 15.8 Å². The van der Waals surface area contributed by atoms with Crippen LogP contribution in [0.25, 0.3) is 0 Å². The second-order valence-corrected chi connectivity index (χ2v) is 2.39. The van der Waals surface area contributed by atoms with Gasteiger partial charge in [0.05, 0.1) is 18.5 Å². The molecule has 0 spiro atoms. The molecular formula is C8H7N3. The molecule has 1 aliphatic heterocycles. The van der Waals surface area contributed by atoms with E-state index in [9.17, 15) is 0 Å². The number of imidazole rings is 1. The Balaban J connectivity index is 2.53. The Labute approximate surface area is 64.8 Å². The van der Waals surface area contributed by atoms with Crippen LogP contribution in [0.5, 0.6) is 0 Å². The van der Waals surface area contributed by atoms with Crippen LogP contribution in [0, 0.1) is 18.8 Å².